The summed E-state index contributed by atoms with van der Waals surface area (Å²) in [4.78, 5) is 24.0. The number of rotatable bonds is 6. The van der Waals surface area contributed by atoms with Crippen molar-refractivity contribution in [1.29, 1.82) is 0 Å². The number of benzene rings is 1. The number of nitrogens with two attached hydrogens (primary N) is 1. The smallest absolute Gasteiger partial charge is 0.340 e. The number of carbonyl (C=O) groups excluding carboxylic acids is 1. The van der Waals surface area contributed by atoms with Crippen LogP contribution in [0.2, 0.25) is 5.02 Å². The van der Waals surface area contributed by atoms with E-state index in [0.29, 0.717) is 23.1 Å². The van der Waals surface area contributed by atoms with Gasteiger partial charge in [0.1, 0.15) is 24.9 Å². The number of carbonyl (C=O) groups is 1. The fourth-order valence-electron chi connectivity index (χ4n) is 3.39. The second-order valence-corrected chi connectivity index (χ2v) is 7.08. The van der Waals surface area contributed by atoms with Crippen molar-refractivity contribution < 1.29 is 41.5 Å². The van der Waals surface area contributed by atoms with Crippen LogP contribution in [-0.4, -0.2) is 37.4 Å². The minimum Gasteiger partial charge on any atom is -1.00 e. The average molecular weight is 432 g/mol. The Morgan fingerprint density at radius 2 is 2.18 bits per heavy atom. The van der Waals surface area contributed by atoms with Crippen LogP contribution in [-0.2, 0) is 27.2 Å². The number of esters is 1. The van der Waals surface area contributed by atoms with Crippen molar-refractivity contribution in [2.24, 2.45) is 0 Å². The molecule has 7 nitrogen and oxygen atoms in total. The lowest BCUT2D eigenvalue weighted by molar-refractivity contribution is -0.676. The van der Waals surface area contributed by atoms with Crippen molar-refractivity contribution in [2.45, 2.75) is 38.8 Å². The van der Waals surface area contributed by atoms with Gasteiger partial charge in [0.25, 0.3) is 0 Å². The first-order valence-corrected chi connectivity index (χ1v) is 9.26. The van der Waals surface area contributed by atoms with E-state index in [2.05, 4.69) is 4.74 Å². The van der Waals surface area contributed by atoms with Gasteiger partial charge in [-0.3, -0.25) is 4.79 Å². The molecule has 1 aliphatic heterocycles. The number of methoxy groups -OCH3 is 1. The van der Waals surface area contributed by atoms with Crippen LogP contribution in [0, 0.1) is 6.92 Å². The zero-order valence-electron chi connectivity index (χ0n) is 15.7. The predicted octanol–water partition coefficient (Wildman–Crippen LogP) is -1.58. The molecular weight excluding hydrogens is 409 g/mol. The molecule has 0 amide bonds. The number of aryl methyl sites for hydroxylation is 1. The first kappa shape index (κ1) is 22.5. The first-order valence-electron chi connectivity index (χ1n) is 8.89. The Labute approximate surface area is 173 Å². The van der Waals surface area contributed by atoms with Crippen LogP contribution in [0.1, 0.15) is 29.5 Å². The third-order valence-corrected chi connectivity index (χ3v) is 5.24. The van der Waals surface area contributed by atoms with Crippen LogP contribution < -0.4 is 23.3 Å². The Morgan fingerprint density at radius 1 is 1.43 bits per heavy atom. The standard InChI is InChI=1S/C19H22ClNO6.ClH/c1-10-12-6-15(20)17(23)14(9-21-8-11-4-3-5-26-11)18(12)27-19(24)13(10)7-16(22)25-2;/h6,11,21,23H,3-5,7-9H2,1-2H3;1H. The van der Waals surface area contributed by atoms with Crippen LogP contribution >= 0.6 is 11.6 Å². The van der Waals surface area contributed by atoms with Gasteiger partial charge in [-0.05, 0) is 31.4 Å². The molecule has 1 fully saturated rings. The Hall–Kier alpha value is -1.80. The van der Waals surface area contributed by atoms with E-state index in [1.165, 1.54) is 7.11 Å². The molecule has 3 rings (SSSR count). The number of hydrogen-bond donors (Lipinski definition) is 2. The molecule has 9 heteroatoms. The highest BCUT2D eigenvalue weighted by molar-refractivity contribution is 6.33. The van der Waals surface area contributed by atoms with E-state index in [1.807, 2.05) is 5.32 Å². The highest BCUT2D eigenvalue weighted by Crippen LogP contribution is 2.35. The number of quaternary nitrogens is 1. The van der Waals surface area contributed by atoms with Gasteiger partial charge in [0.15, 0.2) is 5.58 Å². The van der Waals surface area contributed by atoms with Crippen LogP contribution in [0.5, 0.6) is 5.75 Å². The Bertz CT molecular complexity index is 921. The molecule has 0 radical (unpaired) electrons. The van der Waals surface area contributed by atoms with E-state index in [1.54, 1.807) is 13.0 Å². The molecule has 28 heavy (non-hydrogen) atoms. The highest BCUT2D eigenvalue weighted by atomic mass is 35.5. The van der Waals surface area contributed by atoms with E-state index >= 15 is 0 Å². The van der Waals surface area contributed by atoms with Gasteiger partial charge < -0.3 is 36.7 Å². The SMILES string of the molecule is COC(=O)Cc1c(C)c2cc(Cl)c(O)c(C[NH2+]CC3CCCO3)c2oc1=O.[Cl-]. The van der Waals surface area contributed by atoms with Gasteiger partial charge >= 0.3 is 11.6 Å². The summed E-state index contributed by atoms with van der Waals surface area (Å²) in [7, 11) is 1.26. The number of phenols is 1. The lowest BCUT2D eigenvalue weighted by atomic mass is 10.0. The van der Waals surface area contributed by atoms with Crippen molar-refractivity contribution in [2.75, 3.05) is 20.3 Å². The van der Waals surface area contributed by atoms with Gasteiger partial charge in [-0.2, -0.15) is 0 Å². The largest absolute Gasteiger partial charge is 1.00 e. The lowest BCUT2D eigenvalue weighted by Gasteiger charge is -2.13. The summed E-state index contributed by atoms with van der Waals surface area (Å²) in [5, 5.41) is 13.2. The molecular formula is C19H23Cl2NO6. The maximum atomic E-state index is 12.4. The van der Waals surface area contributed by atoms with Crippen LogP contribution in [0.4, 0.5) is 0 Å². The summed E-state index contributed by atoms with van der Waals surface area (Å²) < 4.78 is 15.7. The molecule has 0 spiro atoms. The summed E-state index contributed by atoms with van der Waals surface area (Å²) in [5.41, 5.74) is 0.948. The maximum absolute atomic E-state index is 12.4. The molecule has 1 atom stereocenters. The third kappa shape index (κ3) is 4.60. The van der Waals surface area contributed by atoms with Crippen molar-refractivity contribution in [3.05, 3.63) is 38.2 Å². The summed E-state index contributed by atoms with van der Waals surface area (Å²) in [6.07, 6.45) is 2.09. The summed E-state index contributed by atoms with van der Waals surface area (Å²) in [6.45, 7) is 3.64. The van der Waals surface area contributed by atoms with E-state index in [-0.39, 0.29) is 46.9 Å². The van der Waals surface area contributed by atoms with E-state index in [0.717, 1.165) is 26.0 Å². The number of aromatic hydroxyl groups is 1. The van der Waals surface area contributed by atoms with E-state index in [9.17, 15) is 14.7 Å². The fraction of sp³-hybridized carbons (Fsp3) is 0.474. The van der Waals surface area contributed by atoms with Gasteiger partial charge in [0, 0.05) is 12.0 Å². The molecule has 0 saturated carbocycles. The van der Waals surface area contributed by atoms with Crippen LogP contribution in [0.25, 0.3) is 11.0 Å². The molecule has 1 aromatic carbocycles. The van der Waals surface area contributed by atoms with Crippen molar-refractivity contribution in [3.8, 4) is 5.75 Å². The van der Waals surface area contributed by atoms with E-state index < -0.39 is 11.6 Å². The average Bonchev–Trinajstić information content (AvgIpc) is 3.16. The monoisotopic (exact) mass is 431 g/mol. The van der Waals surface area contributed by atoms with Crippen molar-refractivity contribution in [1.82, 2.24) is 0 Å². The molecule has 1 aliphatic rings. The molecule has 3 N–H and O–H groups in total. The Kier molecular flexibility index (Phi) is 7.71. The zero-order chi connectivity index (χ0) is 19.6. The topological polar surface area (TPSA) is 103 Å². The predicted molar refractivity (Wildman–Crippen MR) is 99.1 cm³/mol. The van der Waals surface area contributed by atoms with E-state index in [4.69, 9.17) is 20.8 Å². The number of ether oxygens (including phenoxy) is 2. The van der Waals surface area contributed by atoms with Gasteiger partial charge in [-0.15, -0.1) is 0 Å². The number of phenolic OH excluding ortho intramolecular Hbond substituents is 1. The molecule has 0 bridgehead atoms. The van der Waals surface area contributed by atoms with Gasteiger partial charge in [0.05, 0.1) is 29.7 Å². The molecule has 1 unspecified atom stereocenters. The summed E-state index contributed by atoms with van der Waals surface area (Å²) >= 11 is 6.20. The molecule has 2 heterocycles. The normalized spacial score (nSPS) is 16.2. The zero-order valence-corrected chi connectivity index (χ0v) is 17.2. The quantitative estimate of drug-likeness (QED) is 0.422. The maximum Gasteiger partial charge on any atom is 0.340 e. The minimum atomic E-state index is -0.618. The molecule has 2 aromatic rings. The molecule has 0 aliphatic carbocycles. The van der Waals surface area contributed by atoms with Gasteiger partial charge in [0.2, 0.25) is 0 Å². The number of hydrogen-bond acceptors (Lipinski definition) is 6. The Morgan fingerprint density at radius 3 is 2.82 bits per heavy atom. The summed E-state index contributed by atoms with van der Waals surface area (Å²) in [5.74, 6) is -0.629. The third-order valence-electron chi connectivity index (χ3n) is 4.95. The number of fused-ring (bicyclic) bond motifs is 1. The lowest BCUT2D eigenvalue weighted by Crippen LogP contribution is -3.00. The Balaban J connectivity index is 0.00000280. The molecule has 1 saturated heterocycles. The number of halogens is 2. The van der Waals surface area contributed by atoms with Gasteiger partial charge in [-0.25, -0.2) is 4.79 Å². The van der Waals surface area contributed by atoms with Gasteiger partial charge in [-0.1, -0.05) is 11.6 Å². The molecule has 1 aromatic heterocycles. The van der Waals surface area contributed by atoms with Crippen molar-refractivity contribution in [3.63, 3.8) is 0 Å². The minimum absolute atomic E-state index is 0. The summed E-state index contributed by atoms with van der Waals surface area (Å²) in [6, 6.07) is 1.55. The second kappa shape index (κ2) is 9.60. The first-order chi connectivity index (χ1) is 12.9. The molecule has 154 valence electrons. The van der Waals surface area contributed by atoms with Crippen molar-refractivity contribution >= 4 is 28.5 Å². The second-order valence-electron chi connectivity index (χ2n) is 6.67. The fourth-order valence-corrected chi connectivity index (χ4v) is 3.62. The van der Waals surface area contributed by atoms with Crippen LogP contribution in [0.15, 0.2) is 15.3 Å². The van der Waals surface area contributed by atoms with Crippen LogP contribution in [0.3, 0.4) is 0 Å². The highest BCUT2D eigenvalue weighted by Gasteiger charge is 2.23.